The summed E-state index contributed by atoms with van der Waals surface area (Å²) in [5, 5.41) is 32.6. The van der Waals surface area contributed by atoms with Crippen LogP contribution in [0.2, 0.25) is 0 Å². The Kier molecular flexibility index (Phi) is 9.85. The number of nitrogens with one attached hydrogen (secondary N) is 1. The number of hydrogen-bond acceptors (Lipinski definition) is 9. The van der Waals surface area contributed by atoms with Crippen molar-refractivity contribution in [3.8, 4) is 17.2 Å². The number of aromatic hydroxyl groups is 3. The highest BCUT2D eigenvalue weighted by Gasteiger charge is 2.35. The predicted octanol–water partition coefficient (Wildman–Crippen LogP) is 4.43. The van der Waals surface area contributed by atoms with Crippen molar-refractivity contribution in [2.45, 2.75) is 51.4 Å². The van der Waals surface area contributed by atoms with Crippen molar-refractivity contribution in [2.24, 2.45) is 0 Å². The summed E-state index contributed by atoms with van der Waals surface area (Å²) < 4.78 is 11.4. The molecule has 3 aromatic rings. The van der Waals surface area contributed by atoms with Gasteiger partial charge >= 0.3 is 12.1 Å². The quantitative estimate of drug-likeness (QED) is 0.292. The minimum Gasteiger partial charge on any atom is -0.508 e. The van der Waals surface area contributed by atoms with Gasteiger partial charge in [-0.1, -0.05) is 6.07 Å². The van der Waals surface area contributed by atoms with Crippen LogP contribution >= 0.6 is 0 Å². The lowest BCUT2D eigenvalue weighted by atomic mass is 10.1. The van der Waals surface area contributed by atoms with Gasteiger partial charge in [0.25, 0.3) is 11.8 Å². The number of rotatable bonds is 6. The van der Waals surface area contributed by atoms with Crippen molar-refractivity contribution < 1.29 is 44.0 Å². The first-order valence-electron chi connectivity index (χ1n) is 14.4. The molecule has 12 nitrogen and oxygen atoms in total. The van der Waals surface area contributed by atoms with Crippen LogP contribution in [0.5, 0.6) is 17.2 Å². The molecule has 3 amide bonds. The fraction of sp³-hybridized carbons (Fsp3) is 0.333. The Hall–Kier alpha value is -5.26. The SMILES string of the molecule is CN(C(=O)c1c(O)cccc1O)c1ccc(C(=O)O[C@@H]2CCCN(C(=O)OC(C)(C)C)C[C@H]2NC(=O)c2ccc(O)cc2)cc1. The minimum atomic E-state index is -0.793. The molecule has 2 atom stereocenters. The van der Waals surface area contributed by atoms with Crippen LogP contribution in [0.4, 0.5) is 10.5 Å². The summed E-state index contributed by atoms with van der Waals surface area (Å²) in [5.41, 5.74) is -0.134. The van der Waals surface area contributed by atoms with Crippen LogP contribution < -0.4 is 10.2 Å². The Bertz CT molecular complexity index is 1530. The maximum atomic E-state index is 13.3. The largest absolute Gasteiger partial charge is 0.508 e. The van der Waals surface area contributed by atoms with Crippen LogP contribution in [0.25, 0.3) is 0 Å². The number of amides is 3. The molecule has 4 rings (SSSR count). The van der Waals surface area contributed by atoms with Gasteiger partial charge < -0.3 is 39.9 Å². The zero-order valence-electron chi connectivity index (χ0n) is 25.5. The third-order valence-electron chi connectivity index (χ3n) is 7.17. The van der Waals surface area contributed by atoms with Gasteiger partial charge in [-0.25, -0.2) is 9.59 Å². The van der Waals surface area contributed by atoms with Gasteiger partial charge in [-0.2, -0.15) is 0 Å². The summed E-state index contributed by atoms with van der Waals surface area (Å²) in [6.45, 7) is 5.63. The Morgan fingerprint density at radius 3 is 2.09 bits per heavy atom. The van der Waals surface area contributed by atoms with Crippen molar-refractivity contribution in [3.05, 3.63) is 83.4 Å². The molecular formula is C33H37N3O9. The first-order chi connectivity index (χ1) is 21.2. The van der Waals surface area contributed by atoms with Gasteiger partial charge in [-0.3, -0.25) is 9.59 Å². The topological polar surface area (TPSA) is 166 Å². The first kappa shape index (κ1) is 32.6. The number of esters is 1. The van der Waals surface area contributed by atoms with Crippen LogP contribution in [0, 0.1) is 0 Å². The van der Waals surface area contributed by atoms with E-state index in [1.54, 1.807) is 20.8 Å². The van der Waals surface area contributed by atoms with E-state index in [1.807, 2.05) is 0 Å². The smallest absolute Gasteiger partial charge is 0.410 e. The molecule has 1 heterocycles. The van der Waals surface area contributed by atoms with E-state index < -0.39 is 41.6 Å². The molecule has 0 unspecified atom stereocenters. The van der Waals surface area contributed by atoms with Crippen molar-refractivity contribution >= 4 is 29.6 Å². The van der Waals surface area contributed by atoms with Gasteiger partial charge in [0.05, 0.1) is 11.6 Å². The van der Waals surface area contributed by atoms with Crippen molar-refractivity contribution in [3.63, 3.8) is 0 Å². The number of phenols is 3. The van der Waals surface area contributed by atoms with Gasteiger partial charge in [0, 0.05) is 31.4 Å². The lowest BCUT2D eigenvalue weighted by molar-refractivity contribution is 0.0127. The third-order valence-corrected chi connectivity index (χ3v) is 7.17. The van der Waals surface area contributed by atoms with Gasteiger partial charge in [0.15, 0.2) is 0 Å². The normalized spacial score (nSPS) is 16.7. The fourth-order valence-corrected chi connectivity index (χ4v) is 4.83. The lowest BCUT2D eigenvalue weighted by Gasteiger charge is -2.30. The van der Waals surface area contributed by atoms with Crippen LogP contribution in [0.3, 0.4) is 0 Å². The second kappa shape index (κ2) is 13.6. The van der Waals surface area contributed by atoms with E-state index in [9.17, 15) is 34.5 Å². The van der Waals surface area contributed by atoms with Crippen LogP contribution in [0.1, 0.15) is 64.7 Å². The van der Waals surface area contributed by atoms with Crippen molar-refractivity contribution in [1.82, 2.24) is 10.2 Å². The predicted molar refractivity (Wildman–Crippen MR) is 165 cm³/mol. The molecule has 4 N–H and O–H groups in total. The molecule has 0 radical (unpaired) electrons. The van der Waals surface area contributed by atoms with E-state index in [0.717, 1.165) is 0 Å². The number of benzene rings is 3. The summed E-state index contributed by atoms with van der Waals surface area (Å²) in [5.74, 6) is -2.53. The molecule has 1 aliphatic rings. The number of anilines is 1. The molecule has 0 aromatic heterocycles. The summed E-state index contributed by atoms with van der Waals surface area (Å²) >= 11 is 0. The molecule has 45 heavy (non-hydrogen) atoms. The van der Waals surface area contributed by atoms with E-state index in [0.29, 0.717) is 25.1 Å². The number of carbonyl (C=O) groups excluding carboxylic acids is 4. The number of phenolic OH excluding ortho intramolecular Hbond substituents is 3. The summed E-state index contributed by atoms with van der Waals surface area (Å²) in [7, 11) is 1.46. The summed E-state index contributed by atoms with van der Waals surface area (Å²) in [6.07, 6.45) is -0.512. The molecule has 0 saturated carbocycles. The highest BCUT2D eigenvalue weighted by Crippen LogP contribution is 2.29. The minimum absolute atomic E-state index is 0.00172. The highest BCUT2D eigenvalue weighted by molar-refractivity contribution is 6.09. The maximum Gasteiger partial charge on any atom is 0.410 e. The highest BCUT2D eigenvalue weighted by atomic mass is 16.6. The lowest BCUT2D eigenvalue weighted by Crippen LogP contribution is -2.51. The standard InChI is InChI=1S/C33H37N3O9/c1-33(2,3)45-32(43)36-18-6-9-27(24(19-36)34-29(40)20-12-16-23(37)17-13-20)44-31(42)21-10-14-22(15-11-21)35(4)30(41)28-25(38)7-5-8-26(28)39/h5,7-8,10-17,24,27,37-39H,6,9,18-19H2,1-4H3,(H,34,40)/t24-,27-/m1/s1. The van der Waals surface area contributed by atoms with Crippen LogP contribution in [0.15, 0.2) is 66.7 Å². The zero-order chi connectivity index (χ0) is 32.9. The van der Waals surface area contributed by atoms with E-state index >= 15 is 0 Å². The molecule has 1 saturated heterocycles. The number of carbonyl (C=O) groups is 4. The van der Waals surface area contributed by atoms with Gasteiger partial charge in [0.1, 0.15) is 34.5 Å². The fourth-order valence-electron chi connectivity index (χ4n) is 4.83. The maximum absolute atomic E-state index is 13.3. The van der Waals surface area contributed by atoms with Crippen molar-refractivity contribution in [1.29, 1.82) is 0 Å². The Balaban J connectivity index is 1.51. The average Bonchev–Trinajstić information content (AvgIpc) is 3.18. The molecule has 0 spiro atoms. The second-order valence-electron chi connectivity index (χ2n) is 11.7. The zero-order valence-corrected chi connectivity index (χ0v) is 25.5. The van der Waals surface area contributed by atoms with Gasteiger partial charge in [0.2, 0.25) is 0 Å². The average molecular weight is 620 g/mol. The number of nitrogens with zero attached hydrogens (tertiary/aromatic N) is 2. The Morgan fingerprint density at radius 1 is 0.889 bits per heavy atom. The van der Waals surface area contributed by atoms with Crippen molar-refractivity contribution in [2.75, 3.05) is 25.0 Å². The van der Waals surface area contributed by atoms with Crippen LogP contribution in [-0.4, -0.2) is 82.0 Å². The summed E-state index contributed by atoms with van der Waals surface area (Å²) in [6, 6.07) is 14.9. The van der Waals surface area contributed by atoms with E-state index in [1.165, 1.54) is 83.6 Å². The third kappa shape index (κ3) is 8.22. The van der Waals surface area contributed by atoms with E-state index in [4.69, 9.17) is 9.47 Å². The van der Waals surface area contributed by atoms with E-state index in [-0.39, 0.29) is 40.5 Å². The molecule has 1 aliphatic heterocycles. The molecule has 12 heteroatoms. The molecule has 238 valence electrons. The Morgan fingerprint density at radius 2 is 1.49 bits per heavy atom. The Labute approximate surface area is 260 Å². The number of likely N-dealkylation sites (tertiary alicyclic amines) is 1. The molecule has 0 bridgehead atoms. The van der Waals surface area contributed by atoms with Gasteiger partial charge in [-0.15, -0.1) is 0 Å². The summed E-state index contributed by atoms with van der Waals surface area (Å²) in [4.78, 5) is 54.9. The number of ether oxygens (including phenoxy) is 2. The molecule has 0 aliphatic carbocycles. The van der Waals surface area contributed by atoms with E-state index in [2.05, 4.69) is 5.32 Å². The second-order valence-corrected chi connectivity index (χ2v) is 11.7. The molecule has 1 fully saturated rings. The molecular weight excluding hydrogens is 582 g/mol. The van der Waals surface area contributed by atoms with Gasteiger partial charge in [-0.05, 0) is 94.3 Å². The first-order valence-corrected chi connectivity index (χ1v) is 14.4. The molecule has 3 aromatic carbocycles. The monoisotopic (exact) mass is 619 g/mol. The van der Waals surface area contributed by atoms with Crippen LogP contribution in [-0.2, 0) is 9.47 Å². The number of hydrogen-bond donors (Lipinski definition) is 4.